The van der Waals surface area contributed by atoms with Crippen molar-refractivity contribution in [2.24, 2.45) is 0 Å². The molecule has 0 aliphatic carbocycles. The van der Waals surface area contributed by atoms with Crippen LogP contribution in [0.1, 0.15) is 21.5 Å². The molecule has 0 saturated heterocycles. The Bertz CT molecular complexity index is 415. The first-order chi connectivity index (χ1) is 8.16. The second-order valence-electron chi connectivity index (χ2n) is 4.65. The highest BCUT2D eigenvalue weighted by Gasteiger charge is 2.12. The zero-order chi connectivity index (χ0) is 12.3. The first kappa shape index (κ1) is 12.1. The second kappa shape index (κ2) is 5.29. The minimum atomic E-state index is 0.0153. The van der Waals surface area contributed by atoms with Crippen LogP contribution in [-0.2, 0) is 13.1 Å². The van der Waals surface area contributed by atoms with Gasteiger partial charge in [0.2, 0.25) is 0 Å². The van der Waals surface area contributed by atoms with E-state index in [0.717, 1.165) is 25.2 Å². The minimum Gasteiger partial charge on any atom is -0.351 e. The molecule has 1 aliphatic rings. The topological polar surface area (TPSA) is 44.4 Å². The Morgan fingerprint density at radius 1 is 1.35 bits per heavy atom. The van der Waals surface area contributed by atoms with Crippen LogP contribution in [0, 0.1) is 0 Å². The van der Waals surface area contributed by atoms with Gasteiger partial charge in [-0.3, -0.25) is 4.79 Å². The molecule has 1 aromatic rings. The monoisotopic (exact) mass is 233 g/mol. The molecule has 0 saturated carbocycles. The van der Waals surface area contributed by atoms with Crippen LogP contribution in [0.15, 0.2) is 18.2 Å². The number of rotatable bonds is 4. The van der Waals surface area contributed by atoms with Crippen molar-refractivity contribution in [3.8, 4) is 0 Å². The van der Waals surface area contributed by atoms with Crippen molar-refractivity contribution in [3.05, 3.63) is 34.9 Å². The summed E-state index contributed by atoms with van der Waals surface area (Å²) in [6.45, 7) is 3.32. The lowest BCUT2D eigenvalue weighted by Crippen LogP contribution is -2.31. The largest absolute Gasteiger partial charge is 0.351 e. The molecule has 2 N–H and O–H groups in total. The van der Waals surface area contributed by atoms with Crippen molar-refractivity contribution in [2.75, 3.05) is 27.2 Å². The molecule has 1 aromatic carbocycles. The van der Waals surface area contributed by atoms with Gasteiger partial charge < -0.3 is 15.5 Å². The van der Waals surface area contributed by atoms with Crippen LogP contribution in [0.2, 0.25) is 0 Å². The molecular weight excluding hydrogens is 214 g/mol. The standard InChI is InChI=1S/C13H19N3O/c1-16(2)6-5-15-13(17)10-3-4-11-8-14-9-12(11)7-10/h3-4,7,14H,5-6,8-9H2,1-2H3,(H,15,17). The number of amides is 1. The molecular formula is C13H19N3O. The van der Waals surface area contributed by atoms with Crippen LogP contribution in [-0.4, -0.2) is 38.0 Å². The molecule has 4 heteroatoms. The first-order valence-electron chi connectivity index (χ1n) is 5.92. The van der Waals surface area contributed by atoms with Crippen LogP contribution in [0.25, 0.3) is 0 Å². The maximum absolute atomic E-state index is 11.9. The minimum absolute atomic E-state index is 0.0153. The number of carbonyl (C=O) groups is 1. The number of benzene rings is 1. The van der Waals surface area contributed by atoms with Crippen LogP contribution < -0.4 is 10.6 Å². The van der Waals surface area contributed by atoms with Gasteiger partial charge >= 0.3 is 0 Å². The highest BCUT2D eigenvalue weighted by atomic mass is 16.1. The first-order valence-corrected chi connectivity index (χ1v) is 5.92. The molecule has 1 amide bonds. The summed E-state index contributed by atoms with van der Waals surface area (Å²) in [5.41, 5.74) is 3.30. The lowest BCUT2D eigenvalue weighted by Gasteiger charge is -2.10. The summed E-state index contributed by atoms with van der Waals surface area (Å²) in [5.74, 6) is 0.0153. The Morgan fingerprint density at radius 2 is 2.12 bits per heavy atom. The Hall–Kier alpha value is -1.39. The third-order valence-corrected chi connectivity index (χ3v) is 2.94. The van der Waals surface area contributed by atoms with Gasteiger partial charge in [0.1, 0.15) is 0 Å². The van der Waals surface area contributed by atoms with Crippen molar-refractivity contribution >= 4 is 5.91 Å². The summed E-state index contributed by atoms with van der Waals surface area (Å²) in [7, 11) is 3.99. The maximum Gasteiger partial charge on any atom is 0.251 e. The molecule has 0 bridgehead atoms. The third kappa shape index (κ3) is 3.05. The highest BCUT2D eigenvalue weighted by molar-refractivity contribution is 5.94. The van der Waals surface area contributed by atoms with Crippen molar-refractivity contribution in [2.45, 2.75) is 13.1 Å². The molecule has 17 heavy (non-hydrogen) atoms. The molecule has 0 radical (unpaired) electrons. The van der Waals surface area contributed by atoms with Crippen LogP contribution in [0.5, 0.6) is 0 Å². The Morgan fingerprint density at radius 3 is 2.88 bits per heavy atom. The van der Waals surface area contributed by atoms with Crippen LogP contribution >= 0.6 is 0 Å². The molecule has 2 rings (SSSR count). The Balaban J connectivity index is 1.95. The Kier molecular flexibility index (Phi) is 3.76. The SMILES string of the molecule is CN(C)CCNC(=O)c1ccc2c(c1)CNC2. The molecule has 1 aliphatic heterocycles. The van der Waals surface area contributed by atoms with Gasteiger partial charge in [0.05, 0.1) is 0 Å². The molecule has 0 atom stereocenters. The van der Waals surface area contributed by atoms with E-state index in [-0.39, 0.29) is 5.91 Å². The van der Waals surface area contributed by atoms with Gasteiger partial charge in [-0.1, -0.05) is 6.07 Å². The predicted molar refractivity (Wildman–Crippen MR) is 67.9 cm³/mol. The fraction of sp³-hybridized carbons (Fsp3) is 0.462. The molecule has 0 unspecified atom stereocenters. The summed E-state index contributed by atoms with van der Waals surface area (Å²) >= 11 is 0. The number of hydrogen-bond donors (Lipinski definition) is 2. The van der Waals surface area contributed by atoms with Gasteiger partial charge in [-0.25, -0.2) is 0 Å². The van der Waals surface area contributed by atoms with E-state index in [1.54, 1.807) is 0 Å². The summed E-state index contributed by atoms with van der Waals surface area (Å²) in [5, 5.41) is 6.19. The zero-order valence-electron chi connectivity index (χ0n) is 10.4. The van der Waals surface area contributed by atoms with E-state index in [2.05, 4.69) is 10.6 Å². The van der Waals surface area contributed by atoms with Crippen molar-refractivity contribution < 1.29 is 4.79 Å². The number of likely N-dealkylation sites (N-methyl/N-ethyl adjacent to an activating group) is 1. The normalized spacial score (nSPS) is 13.8. The van der Waals surface area contributed by atoms with E-state index in [1.165, 1.54) is 11.1 Å². The number of fused-ring (bicyclic) bond motifs is 1. The van der Waals surface area contributed by atoms with Gasteiger partial charge in [0.25, 0.3) is 5.91 Å². The number of hydrogen-bond acceptors (Lipinski definition) is 3. The van der Waals surface area contributed by atoms with Crippen LogP contribution in [0.3, 0.4) is 0 Å². The lowest BCUT2D eigenvalue weighted by molar-refractivity contribution is 0.0951. The predicted octanol–water partition coefficient (Wildman–Crippen LogP) is 0.581. The van der Waals surface area contributed by atoms with E-state index < -0.39 is 0 Å². The summed E-state index contributed by atoms with van der Waals surface area (Å²) in [6.07, 6.45) is 0. The van der Waals surface area contributed by atoms with Gasteiger partial charge in [0.15, 0.2) is 0 Å². The summed E-state index contributed by atoms with van der Waals surface area (Å²) in [6, 6.07) is 5.92. The lowest BCUT2D eigenvalue weighted by atomic mass is 10.1. The Labute approximate surface area is 102 Å². The van der Waals surface area contributed by atoms with Crippen molar-refractivity contribution in [1.82, 2.24) is 15.5 Å². The fourth-order valence-corrected chi connectivity index (χ4v) is 1.93. The number of carbonyl (C=O) groups excluding carboxylic acids is 1. The average molecular weight is 233 g/mol. The van der Waals surface area contributed by atoms with Gasteiger partial charge in [-0.2, -0.15) is 0 Å². The number of nitrogens with zero attached hydrogens (tertiary/aromatic N) is 1. The van der Waals surface area contributed by atoms with Crippen molar-refractivity contribution in [3.63, 3.8) is 0 Å². The number of nitrogens with one attached hydrogen (secondary N) is 2. The molecule has 92 valence electrons. The van der Waals surface area contributed by atoms with Gasteiger partial charge in [0, 0.05) is 31.7 Å². The smallest absolute Gasteiger partial charge is 0.251 e. The maximum atomic E-state index is 11.9. The summed E-state index contributed by atoms with van der Waals surface area (Å²) in [4.78, 5) is 13.9. The molecule has 0 fully saturated rings. The molecule has 0 aromatic heterocycles. The highest BCUT2D eigenvalue weighted by Crippen LogP contribution is 2.16. The van der Waals surface area contributed by atoms with E-state index in [1.807, 2.05) is 37.2 Å². The van der Waals surface area contributed by atoms with Crippen LogP contribution in [0.4, 0.5) is 0 Å². The molecule has 0 spiro atoms. The van der Waals surface area contributed by atoms with E-state index >= 15 is 0 Å². The van der Waals surface area contributed by atoms with E-state index in [9.17, 15) is 4.79 Å². The molecule has 4 nitrogen and oxygen atoms in total. The fourth-order valence-electron chi connectivity index (χ4n) is 1.93. The molecule has 1 heterocycles. The summed E-state index contributed by atoms with van der Waals surface area (Å²) < 4.78 is 0. The van der Waals surface area contributed by atoms with E-state index in [0.29, 0.717) is 6.54 Å². The average Bonchev–Trinajstić information content (AvgIpc) is 2.75. The van der Waals surface area contributed by atoms with Crippen molar-refractivity contribution in [1.29, 1.82) is 0 Å². The second-order valence-corrected chi connectivity index (χ2v) is 4.65. The zero-order valence-corrected chi connectivity index (χ0v) is 10.4. The third-order valence-electron chi connectivity index (χ3n) is 2.94. The van der Waals surface area contributed by atoms with E-state index in [4.69, 9.17) is 0 Å². The van der Waals surface area contributed by atoms with Gasteiger partial charge in [-0.05, 0) is 37.4 Å². The van der Waals surface area contributed by atoms with Gasteiger partial charge in [-0.15, -0.1) is 0 Å². The quantitative estimate of drug-likeness (QED) is 0.799.